The summed E-state index contributed by atoms with van der Waals surface area (Å²) in [6.45, 7) is 6.84. The first-order valence-corrected chi connectivity index (χ1v) is 8.06. The molecule has 1 aromatic rings. The molecule has 0 aliphatic rings. The van der Waals surface area contributed by atoms with E-state index in [2.05, 4.69) is 0 Å². The Labute approximate surface area is 113 Å². The average Bonchev–Trinajstić information content (AvgIpc) is 2.28. The number of hydrogen-bond donors (Lipinski definition) is 0. The van der Waals surface area contributed by atoms with Crippen LogP contribution >= 0.6 is 11.6 Å². The highest BCUT2D eigenvalue weighted by Gasteiger charge is 2.43. The number of benzene rings is 1. The molecule has 0 unspecified atom stereocenters. The molecule has 0 saturated carbocycles. The molecule has 0 atom stereocenters. The summed E-state index contributed by atoms with van der Waals surface area (Å²) in [6, 6.07) is 4.24. The molecule has 6 heteroatoms. The fourth-order valence-corrected chi connectivity index (χ4v) is 4.53. The van der Waals surface area contributed by atoms with Crippen molar-refractivity contribution in [1.29, 1.82) is 0 Å². The fourth-order valence-electron chi connectivity index (χ4n) is 1.68. The summed E-state index contributed by atoms with van der Waals surface area (Å²) in [6.07, 6.45) is 0. The number of hydrogen-bond acceptors (Lipinski definition) is 3. The molecule has 0 radical (unpaired) electrons. The van der Waals surface area contributed by atoms with Crippen LogP contribution in [0.25, 0.3) is 0 Å². The first-order chi connectivity index (χ1) is 8.57. The highest BCUT2D eigenvalue weighted by atomic mass is 35.5. The van der Waals surface area contributed by atoms with Gasteiger partial charge in [0.2, 0.25) is 0 Å². The van der Waals surface area contributed by atoms with E-state index in [4.69, 9.17) is 24.9 Å². The third-order valence-electron chi connectivity index (χ3n) is 2.22. The van der Waals surface area contributed by atoms with Crippen LogP contribution in [0.5, 0.6) is 0 Å². The second-order valence-electron chi connectivity index (χ2n) is 3.51. The van der Waals surface area contributed by atoms with Crippen molar-refractivity contribution in [1.82, 2.24) is 0 Å². The van der Waals surface area contributed by atoms with Crippen LogP contribution in [0, 0.1) is 5.82 Å². The Bertz CT molecular complexity index is 352. The van der Waals surface area contributed by atoms with Crippen LogP contribution in [0.2, 0.25) is 5.02 Å². The molecule has 0 N–H and O–H groups in total. The molecule has 0 amide bonds. The Hall–Kier alpha value is -0.463. The Balaban J connectivity index is 3.20. The van der Waals surface area contributed by atoms with Crippen LogP contribution in [0.15, 0.2) is 18.2 Å². The van der Waals surface area contributed by atoms with Gasteiger partial charge in [0.25, 0.3) is 0 Å². The summed E-state index contributed by atoms with van der Waals surface area (Å²) in [4.78, 5) is 0. The van der Waals surface area contributed by atoms with Crippen molar-refractivity contribution in [3.8, 4) is 0 Å². The van der Waals surface area contributed by atoms with Gasteiger partial charge in [-0.25, -0.2) is 4.39 Å². The van der Waals surface area contributed by atoms with Gasteiger partial charge in [0.1, 0.15) is 5.82 Å². The van der Waals surface area contributed by atoms with Crippen LogP contribution in [0.1, 0.15) is 20.8 Å². The molecule has 3 nitrogen and oxygen atoms in total. The van der Waals surface area contributed by atoms with E-state index in [0.717, 1.165) is 0 Å². The zero-order valence-corrected chi connectivity index (χ0v) is 12.6. The van der Waals surface area contributed by atoms with Gasteiger partial charge in [-0.3, -0.25) is 0 Å². The second-order valence-corrected chi connectivity index (χ2v) is 6.51. The van der Waals surface area contributed by atoms with E-state index in [1.165, 1.54) is 12.1 Å². The first-order valence-electron chi connectivity index (χ1n) is 5.96. The summed E-state index contributed by atoms with van der Waals surface area (Å²) in [5.41, 5.74) is 0. The van der Waals surface area contributed by atoms with Gasteiger partial charge in [-0.2, -0.15) is 0 Å². The highest BCUT2D eigenvalue weighted by Crippen LogP contribution is 2.16. The van der Waals surface area contributed by atoms with Gasteiger partial charge in [-0.15, -0.1) is 0 Å². The third kappa shape index (κ3) is 3.76. The van der Waals surface area contributed by atoms with Crippen LogP contribution in [-0.2, 0) is 13.3 Å². The Morgan fingerprint density at radius 2 is 1.50 bits per heavy atom. The first kappa shape index (κ1) is 15.6. The molecule has 0 aliphatic heterocycles. The van der Waals surface area contributed by atoms with Crippen molar-refractivity contribution < 1.29 is 17.7 Å². The second kappa shape index (κ2) is 7.21. The maximum absolute atomic E-state index is 13.5. The lowest BCUT2D eigenvalue weighted by molar-refractivity contribution is 0.0858. The van der Waals surface area contributed by atoms with Crippen molar-refractivity contribution in [2.75, 3.05) is 19.8 Å². The van der Waals surface area contributed by atoms with Gasteiger partial charge in [-0.1, -0.05) is 11.6 Å². The molecule has 0 fully saturated rings. The quantitative estimate of drug-likeness (QED) is 0.723. The van der Waals surface area contributed by atoms with Gasteiger partial charge in [0, 0.05) is 30.0 Å². The van der Waals surface area contributed by atoms with E-state index in [1.54, 1.807) is 6.07 Å². The maximum atomic E-state index is 13.5. The molecule has 0 aromatic heterocycles. The summed E-state index contributed by atoms with van der Waals surface area (Å²) < 4.78 is 30.5. The zero-order valence-electron chi connectivity index (χ0n) is 10.8. The molecular formula is C12H18ClFO3Si. The lowest BCUT2D eigenvalue weighted by Crippen LogP contribution is -2.57. The fraction of sp³-hybridized carbons (Fsp3) is 0.500. The van der Waals surface area contributed by atoms with Crippen LogP contribution in [0.3, 0.4) is 0 Å². The van der Waals surface area contributed by atoms with E-state index in [9.17, 15) is 4.39 Å². The highest BCUT2D eigenvalue weighted by molar-refractivity contribution is 6.75. The lowest BCUT2D eigenvalue weighted by atomic mass is 10.3. The van der Waals surface area contributed by atoms with E-state index >= 15 is 0 Å². The van der Waals surface area contributed by atoms with E-state index in [-0.39, 0.29) is 0 Å². The zero-order chi connectivity index (χ0) is 13.6. The maximum Gasteiger partial charge on any atom is 0.537 e. The minimum absolute atomic E-state index is 0.306. The van der Waals surface area contributed by atoms with Crippen molar-refractivity contribution >= 4 is 25.6 Å². The van der Waals surface area contributed by atoms with E-state index in [1.807, 2.05) is 20.8 Å². The summed E-state index contributed by atoms with van der Waals surface area (Å²) in [7, 11) is -3.06. The summed E-state index contributed by atoms with van der Waals surface area (Å²) >= 11 is 5.87. The number of halogens is 2. The smallest absolute Gasteiger partial charge is 0.370 e. The van der Waals surface area contributed by atoms with Crippen molar-refractivity contribution in [2.45, 2.75) is 20.8 Å². The molecule has 0 aliphatic carbocycles. The molecule has 102 valence electrons. The van der Waals surface area contributed by atoms with Crippen LogP contribution in [-0.4, -0.2) is 28.6 Å². The SMILES string of the molecule is CCO[Si](OCC)(OCC)c1cc(F)cc(Cl)c1. The van der Waals surface area contributed by atoms with Crippen molar-refractivity contribution in [2.24, 2.45) is 0 Å². The molecule has 0 saturated heterocycles. The molecule has 0 spiro atoms. The largest absolute Gasteiger partial charge is 0.537 e. The topological polar surface area (TPSA) is 27.7 Å². The van der Waals surface area contributed by atoms with E-state index in [0.29, 0.717) is 30.0 Å². The summed E-state index contributed by atoms with van der Waals surface area (Å²) in [5, 5.41) is 0.860. The molecule has 18 heavy (non-hydrogen) atoms. The van der Waals surface area contributed by atoms with Crippen molar-refractivity contribution in [3.05, 3.63) is 29.0 Å². The lowest BCUT2D eigenvalue weighted by Gasteiger charge is -2.28. The Morgan fingerprint density at radius 1 is 1.00 bits per heavy atom. The van der Waals surface area contributed by atoms with Gasteiger partial charge < -0.3 is 13.3 Å². The molecule has 1 aromatic carbocycles. The normalized spacial score (nSPS) is 11.8. The van der Waals surface area contributed by atoms with E-state index < -0.39 is 14.6 Å². The minimum atomic E-state index is -3.06. The van der Waals surface area contributed by atoms with Crippen LogP contribution in [0.4, 0.5) is 4.39 Å². The number of rotatable bonds is 7. The van der Waals surface area contributed by atoms with Gasteiger partial charge in [-0.05, 0) is 39.0 Å². The summed E-state index contributed by atoms with van der Waals surface area (Å²) in [5.74, 6) is -0.423. The van der Waals surface area contributed by atoms with Crippen LogP contribution < -0.4 is 5.19 Å². The molecular weight excluding hydrogens is 275 g/mol. The predicted octanol–water partition coefficient (Wildman–Crippen LogP) is 2.73. The van der Waals surface area contributed by atoms with Gasteiger partial charge in [0.05, 0.1) is 0 Å². The van der Waals surface area contributed by atoms with Gasteiger partial charge in [0.15, 0.2) is 0 Å². The molecule has 1 rings (SSSR count). The monoisotopic (exact) mass is 292 g/mol. The molecule has 0 bridgehead atoms. The Kier molecular flexibility index (Phi) is 6.24. The average molecular weight is 293 g/mol. The standard InChI is InChI=1S/C12H18ClFO3Si/c1-4-15-18(16-5-2,17-6-3)12-8-10(13)7-11(14)9-12/h7-9H,4-6H2,1-3H3. The third-order valence-corrected chi connectivity index (χ3v) is 5.44. The minimum Gasteiger partial charge on any atom is -0.370 e. The molecule has 0 heterocycles. The Morgan fingerprint density at radius 3 is 1.89 bits per heavy atom. The predicted molar refractivity (Wildman–Crippen MR) is 71.7 cm³/mol. The van der Waals surface area contributed by atoms with Crippen molar-refractivity contribution in [3.63, 3.8) is 0 Å². The van der Waals surface area contributed by atoms with Gasteiger partial charge >= 0.3 is 8.80 Å².